The summed E-state index contributed by atoms with van der Waals surface area (Å²) in [6.45, 7) is 1.77. The summed E-state index contributed by atoms with van der Waals surface area (Å²) in [6.07, 6.45) is 9.44. The van der Waals surface area contributed by atoms with Gasteiger partial charge in [0.05, 0.1) is 30.9 Å². The van der Waals surface area contributed by atoms with E-state index in [2.05, 4.69) is 6.92 Å². The van der Waals surface area contributed by atoms with Gasteiger partial charge in [-0.25, -0.2) is 0 Å². The maximum atomic E-state index is 11.0. The smallest absolute Gasteiger partial charge is 0.303 e. The lowest BCUT2D eigenvalue weighted by Gasteiger charge is -2.47. The number of unbranched alkanes of at least 4 members (excludes halogenated alkanes) is 14. The van der Waals surface area contributed by atoms with Crippen LogP contribution in [0.2, 0.25) is 0 Å². The predicted molar refractivity (Wildman–Crippen MR) is 196 cm³/mol. The summed E-state index contributed by atoms with van der Waals surface area (Å²) >= 11 is 0. The third kappa shape index (κ3) is 15.9. The first kappa shape index (κ1) is 47.1. The quantitative estimate of drug-likeness (QED) is 0.0651. The van der Waals surface area contributed by atoms with Gasteiger partial charge in [-0.15, -0.1) is 0 Å². The zero-order valence-electron chi connectivity index (χ0n) is 31.3. The van der Waals surface area contributed by atoms with Crippen LogP contribution in [-0.2, 0) is 23.7 Å². The zero-order valence-corrected chi connectivity index (χ0v) is 31.3. The van der Waals surface area contributed by atoms with Crippen molar-refractivity contribution in [3.05, 3.63) is 0 Å². The number of aliphatic hydroxyl groups is 5. The Morgan fingerprint density at radius 3 is 1.56 bits per heavy atom. The van der Waals surface area contributed by atoms with Gasteiger partial charge in [-0.3, -0.25) is 4.79 Å². The number of rotatable bonds is 22. The standard InChI is InChI=1S/C18H37N5O9.C18H36O2/c19-3-9-8(25)2-7(22)17(29-9)31-15-5(20)1-6(21)16(14(15)28)32-18-13(27)11(23)12(26)10(4-24)30-18;1-2-3-4-5-6-7-8-9-10-11-12-13-14-15-16-17-18(19)20/h5-18,24-28H,1-4,19-23H2;2-17H2,1H3,(H,19,20)/t5-,6+,7+,8-,9+,10+,11-,12+,13+,14-,15+,16-,17+,18+;/m0./s1. The first-order valence-corrected chi connectivity index (χ1v) is 19.7. The summed E-state index contributed by atoms with van der Waals surface area (Å²) in [6, 6.07) is -3.27. The van der Waals surface area contributed by atoms with Crippen molar-refractivity contribution in [3.63, 3.8) is 0 Å². The van der Waals surface area contributed by atoms with E-state index in [0.29, 0.717) is 6.42 Å². The summed E-state index contributed by atoms with van der Waals surface area (Å²) in [5.41, 5.74) is 29.8. The van der Waals surface area contributed by atoms with E-state index in [1.165, 1.54) is 83.5 Å². The number of ether oxygens (including phenoxy) is 4. The second-order valence-corrected chi connectivity index (χ2v) is 14.9. The minimum Gasteiger partial charge on any atom is -0.481 e. The molecule has 3 aliphatic rings. The lowest BCUT2D eigenvalue weighted by atomic mass is 9.84. The second kappa shape index (κ2) is 25.9. The molecule has 0 unspecified atom stereocenters. The molecule has 2 heterocycles. The number of aliphatic carboxylic acids is 1. The summed E-state index contributed by atoms with van der Waals surface area (Å²) in [5, 5.41) is 59.2. The van der Waals surface area contributed by atoms with E-state index in [-0.39, 0.29) is 19.4 Å². The van der Waals surface area contributed by atoms with Gasteiger partial charge >= 0.3 is 5.97 Å². The van der Waals surface area contributed by atoms with Crippen molar-refractivity contribution in [3.8, 4) is 0 Å². The first-order valence-electron chi connectivity index (χ1n) is 19.7. The molecule has 16 N–H and O–H groups in total. The van der Waals surface area contributed by atoms with Crippen LogP contribution < -0.4 is 28.7 Å². The van der Waals surface area contributed by atoms with Gasteiger partial charge < -0.3 is 78.3 Å². The third-order valence-electron chi connectivity index (χ3n) is 10.4. The zero-order chi connectivity index (χ0) is 38.6. The topological polar surface area (TPSA) is 305 Å². The van der Waals surface area contributed by atoms with Crippen molar-refractivity contribution in [2.24, 2.45) is 28.7 Å². The van der Waals surface area contributed by atoms with Crippen LogP contribution in [-0.4, -0.2) is 135 Å². The van der Waals surface area contributed by atoms with Gasteiger partial charge in [0.2, 0.25) is 0 Å². The third-order valence-corrected chi connectivity index (χ3v) is 10.4. The van der Waals surface area contributed by atoms with Crippen LogP contribution in [0, 0.1) is 0 Å². The molecule has 16 nitrogen and oxygen atoms in total. The van der Waals surface area contributed by atoms with Crippen LogP contribution in [0.5, 0.6) is 0 Å². The van der Waals surface area contributed by atoms with Crippen LogP contribution in [0.1, 0.15) is 122 Å². The van der Waals surface area contributed by atoms with Crippen LogP contribution in [0.25, 0.3) is 0 Å². The van der Waals surface area contributed by atoms with Crippen LogP contribution in [0.4, 0.5) is 0 Å². The fraction of sp³-hybridized carbons (Fsp3) is 0.972. The fourth-order valence-electron chi connectivity index (χ4n) is 7.08. The Morgan fingerprint density at radius 1 is 0.635 bits per heavy atom. The largest absolute Gasteiger partial charge is 0.481 e. The molecule has 0 aromatic carbocycles. The number of carboxylic acids is 1. The molecule has 0 amide bonds. The molecule has 1 aliphatic carbocycles. The lowest BCUT2D eigenvalue weighted by molar-refractivity contribution is -0.314. The SMILES string of the molecule is CCCCCCCCCCCCCCCCCC(=O)O.NC[C@H]1O[C@H](O[C@H]2[C@H](O)[C@@H](O[C@H]3O[C@H](CO)[C@@H](O)[C@H](N)[C@H]3O)[C@H](N)C[C@@H]2N)[C@H](N)C[C@@H]1O. The molecule has 2 saturated heterocycles. The molecule has 0 aromatic rings. The predicted octanol–water partition coefficient (Wildman–Crippen LogP) is 0.0367. The summed E-state index contributed by atoms with van der Waals surface area (Å²) in [4.78, 5) is 10.3. The van der Waals surface area contributed by atoms with Gasteiger partial charge in [0.15, 0.2) is 12.6 Å². The number of hydrogen-bond acceptors (Lipinski definition) is 15. The molecule has 52 heavy (non-hydrogen) atoms. The molecule has 0 aromatic heterocycles. The number of carboxylic acid groups (broad SMARTS) is 1. The van der Waals surface area contributed by atoms with Crippen LogP contribution in [0.15, 0.2) is 0 Å². The first-order chi connectivity index (χ1) is 24.9. The summed E-state index contributed by atoms with van der Waals surface area (Å²) in [7, 11) is 0. The van der Waals surface area contributed by atoms with Crippen molar-refractivity contribution in [1.82, 2.24) is 0 Å². The lowest BCUT2D eigenvalue weighted by Crippen LogP contribution is -2.68. The number of nitrogens with two attached hydrogens (primary N) is 5. The van der Waals surface area contributed by atoms with Crippen LogP contribution >= 0.6 is 0 Å². The van der Waals surface area contributed by atoms with E-state index >= 15 is 0 Å². The van der Waals surface area contributed by atoms with Gasteiger partial charge in [0.1, 0.15) is 36.6 Å². The van der Waals surface area contributed by atoms with Gasteiger partial charge in [-0.2, -0.15) is 0 Å². The summed E-state index contributed by atoms with van der Waals surface area (Å²) < 4.78 is 22.7. The van der Waals surface area contributed by atoms with Gasteiger partial charge in [-0.05, 0) is 19.3 Å². The molecule has 0 bridgehead atoms. The van der Waals surface area contributed by atoms with E-state index in [9.17, 15) is 30.3 Å². The maximum absolute atomic E-state index is 11.0. The molecule has 2 aliphatic heterocycles. The molecule has 14 atom stereocenters. The monoisotopic (exact) mass is 752 g/mol. The van der Waals surface area contributed by atoms with E-state index in [4.69, 9.17) is 52.7 Å². The Bertz CT molecular complexity index is 943. The number of hydrogen-bond donors (Lipinski definition) is 11. The van der Waals surface area contributed by atoms with Crippen LogP contribution in [0.3, 0.4) is 0 Å². The van der Waals surface area contributed by atoms with E-state index < -0.39 is 98.2 Å². The normalized spacial score (nSPS) is 36.6. The van der Waals surface area contributed by atoms with E-state index in [0.717, 1.165) is 12.8 Å². The Morgan fingerprint density at radius 2 is 1.10 bits per heavy atom. The molecule has 308 valence electrons. The Balaban J connectivity index is 0.000000405. The highest BCUT2D eigenvalue weighted by atomic mass is 16.7. The fourth-order valence-corrected chi connectivity index (χ4v) is 7.08. The van der Waals surface area contributed by atoms with Gasteiger partial charge in [0.25, 0.3) is 0 Å². The van der Waals surface area contributed by atoms with Crippen molar-refractivity contribution in [2.75, 3.05) is 13.2 Å². The highest BCUT2D eigenvalue weighted by Crippen LogP contribution is 2.31. The molecular weight excluding hydrogens is 678 g/mol. The molecule has 3 rings (SSSR count). The molecule has 16 heteroatoms. The second-order valence-electron chi connectivity index (χ2n) is 14.9. The average Bonchev–Trinajstić information content (AvgIpc) is 3.11. The molecular formula is C36H73N5O11. The average molecular weight is 752 g/mol. The minimum atomic E-state index is -1.44. The molecule has 1 saturated carbocycles. The summed E-state index contributed by atoms with van der Waals surface area (Å²) in [5.74, 6) is -0.653. The van der Waals surface area contributed by atoms with Gasteiger partial charge in [-0.1, -0.05) is 96.8 Å². The van der Waals surface area contributed by atoms with Gasteiger partial charge in [0, 0.05) is 25.0 Å². The maximum Gasteiger partial charge on any atom is 0.303 e. The Labute approximate surface area is 310 Å². The number of aliphatic hydroxyl groups excluding tert-OH is 5. The van der Waals surface area contributed by atoms with E-state index in [1.807, 2.05) is 0 Å². The Hall–Kier alpha value is -1.09. The highest BCUT2D eigenvalue weighted by molar-refractivity contribution is 5.66. The minimum absolute atomic E-state index is 0.0542. The Kier molecular flexibility index (Phi) is 23.4. The molecule has 0 spiro atoms. The van der Waals surface area contributed by atoms with Crippen molar-refractivity contribution >= 4 is 5.97 Å². The molecule has 3 fully saturated rings. The highest BCUT2D eigenvalue weighted by Gasteiger charge is 2.50. The van der Waals surface area contributed by atoms with Crippen molar-refractivity contribution in [2.45, 2.75) is 208 Å². The van der Waals surface area contributed by atoms with Crippen molar-refractivity contribution in [1.29, 1.82) is 0 Å². The van der Waals surface area contributed by atoms with Crippen molar-refractivity contribution < 1.29 is 54.4 Å². The molecule has 0 radical (unpaired) electrons. The number of carbonyl (C=O) groups is 1. The van der Waals surface area contributed by atoms with E-state index in [1.54, 1.807) is 0 Å².